The molecule has 0 spiro atoms. The average molecular weight is 308 g/mol. The fourth-order valence-electron chi connectivity index (χ4n) is 1.55. The molecule has 2 aromatic rings. The number of nitrogens with zero attached hydrogens (tertiary/aromatic N) is 3. The van der Waals surface area contributed by atoms with Crippen molar-refractivity contribution in [2.75, 3.05) is 12.5 Å². The molecule has 0 amide bonds. The van der Waals surface area contributed by atoms with Crippen molar-refractivity contribution in [2.24, 2.45) is 5.10 Å². The van der Waals surface area contributed by atoms with Crippen LogP contribution in [0, 0.1) is 17.0 Å². The SMILES string of the molecule is COc1cc(/C=N\Nc2nc(C)cs2)cc([N+](=O)[O-])c1O. The molecule has 1 aromatic heterocycles. The number of thiazole rings is 1. The standard InChI is InChI=1S/C12H12N4O4S/c1-7-6-21-12(14-7)15-13-5-8-3-9(16(18)19)11(17)10(4-8)20-2/h3-6,17H,1-2H3,(H,14,15)/b13-5-. The molecule has 9 heteroatoms. The highest BCUT2D eigenvalue weighted by molar-refractivity contribution is 7.13. The van der Waals surface area contributed by atoms with Gasteiger partial charge in [0.1, 0.15) is 0 Å². The van der Waals surface area contributed by atoms with Gasteiger partial charge in [-0.3, -0.25) is 15.5 Å². The number of ether oxygens (including phenoxy) is 1. The monoisotopic (exact) mass is 308 g/mol. The van der Waals surface area contributed by atoms with Crippen molar-refractivity contribution >= 4 is 28.4 Å². The zero-order valence-corrected chi connectivity index (χ0v) is 12.0. The summed E-state index contributed by atoms with van der Waals surface area (Å²) >= 11 is 1.39. The van der Waals surface area contributed by atoms with Gasteiger partial charge >= 0.3 is 5.69 Å². The van der Waals surface area contributed by atoms with Crippen LogP contribution in [-0.2, 0) is 0 Å². The molecule has 2 N–H and O–H groups in total. The maximum atomic E-state index is 10.9. The van der Waals surface area contributed by atoms with Crippen molar-refractivity contribution in [3.8, 4) is 11.5 Å². The Morgan fingerprint density at radius 2 is 2.33 bits per heavy atom. The Balaban J connectivity index is 2.23. The summed E-state index contributed by atoms with van der Waals surface area (Å²) < 4.78 is 4.90. The summed E-state index contributed by atoms with van der Waals surface area (Å²) in [5.74, 6) is -0.501. The quantitative estimate of drug-likeness (QED) is 0.499. The number of hydrazone groups is 1. The van der Waals surface area contributed by atoms with Gasteiger partial charge in [0.25, 0.3) is 0 Å². The number of hydrogen-bond acceptors (Lipinski definition) is 8. The first kappa shape index (κ1) is 14.7. The second kappa shape index (κ2) is 6.18. The van der Waals surface area contributed by atoms with Crippen LogP contribution in [-0.4, -0.2) is 28.3 Å². The number of rotatable bonds is 5. The van der Waals surface area contributed by atoms with Crippen LogP contribution in [0.4, 0.5) is 10.8 Å². The Hall–Kier alpha value is -2.68. The van der Waals surface area contributed by atoms with Gasteiger partial charge in [-0.1, -0.05) is 0 Å². The molecule has 0 aliphatic carbocycles. The molecule has 0 radical (unpaired) electrons. The molecule has 2 rings (SSSR count). The minimum atomic E-state index is -0.688. The summed E-state index contributed by atoms with van der Waals surface area (Å²) in [5.41, 5.74) is 3.56. The lowest BCUT2D eigenvalue weighted by molar-refractivity contribution is -0.386. The Bertz CT molecular complexity index is 699. The molecule has 0 saturated heterocycles. The third-order valence-electron chi connectivity index (χ3n) is 2.49. The summed E-state index contributed by atoms with van der Waals surface area (Å²) in [7, 11) is 1.32. The lowest BCUT2D eigenvalue weighted by atomic mass is 10.2. The molecule has 0 aliphatic heterocycles. The number of anilines is 1. The number of phenolic OH excluding ortho intramolecular Hbond substituents is 1. The number of aryl methyl sites for hydroxylation is 1. The molecule has 0 unspecified atom stereocenters. The number of nitro benzene ring substituents is 1. The van der Waals surface area contributed by atoms with E-state index in [2.05, 4.69) is 15.5 Å². The zero-order chi connectivity index (χ0) is 15.4. The molecule has 0 bridgehead atoms. The van der Waals surface area contributed by atoms with E-state index in [0.717, 1.165) is 5.69 Å². The Morgan fingerprint density at radius 1 is 1.57 bits per heavy atom. The molecule has 0 saturated carbocycles. The third-order valence-corrected chi connectivity index (χ3v) is 3.35. The number of nitrogens with one attached hydrogen (secondary N) is 1. The van der Waals surface area contributed by atoms with Crippen LogP contribution >= 0.6 is 11.3 Å². The van der Waals surface area contributed by atoms with Gasteiger partial charge in [-0.2, -0.15) is 5.10 Å². The first-order chi connectivity index (χ1) is 10.0. The van der Waals surface area contributed by atoms with Crippen molar-refractivity contribution < 1.29 is 14.8 Å². The zero-order valence-electron chi connectivity index (χ0n) is 11.2. The fraction of sp³-hybridized carbons (Fsp3) is 0.167. The molecule has 0 aliphatic rings. The maximum Gasteiger partial charge on any atom is 0.315 e. The van der Waals surface area contributed by atoms with Gasteiger partial charge in [0.15, 0.2) is 5.75 Å². The van der Waals surface area contributed by atoms with Gasteiger partial charge in [0, 0.05) is 17.0 Å². The lowest BCUT2D eigenvalue weighted by Gasteiger charge is -2.04. The van der Waals surface area contributed by atoms with E-state index >= 15 is 0 Å². The normalized spacial score (nSPS) is 10.8. The molecule has 21 heavy (non-hydrogen) atoms. The van der Waals surface area contributed by atoms with Crippen LogP contribution in [0.3, 0.4) is 0 Å². The van der Waals surface area contributed by atoms with E-state index in [0.29, 0.717) is 10.7 Å². The van der Waals surface area contributed by atoms with Crippen molar-refractivity contribution in [3.05, 3.63) is 38.9 Å². The van der Waals surface area contributed by atoms with Crippen LogP contribution in [0.15, 0.2) is 22.6 Å². The first-order valence-corrected chi connectivity index (χ1v) is 6.66. The summed E-state index contributed by atoms with van der Waals surface area (Å²) in [5, 5.41) is 26.9. The van der Waals surface area contributed by atoms with Crippen molar-refractivity contribution in [2.45, 2.75) is 6.92 Å². The van der Waals surface area contributed by atoms with E-state index < -0.39 is 16.4 Å². The highest BCUT2D eigenvalue weighted by atomic mass is 32.1. The van der Waals surface area contributed by atoms with Crippen molar-refractivity contribution in [3.63, 3.8) is 0 Å². The summed E-state index contributed by atoms with van der Waals surface area (Å²) in [4.78, 5) is 14.3. The number of nitro groups is 1. The molecule has 0 atom stereocenters. The fourth-order valence-corrected chi connectivity index (χ4v) is 2.19. The van der Waals surface area contributed by atoms with Gasteiger partial charge in [0.2, 0.25) is 10.9 Å². The highest BCUT2D eigenvalue weighted by Crippen LogP contribution is 2.36. The van der Waals surface area contributed by atoms with E-state index in [-0.39, 0.29) is 5.75 Å². The smallest absolute Gasteiger partial charge is 0.315 e. The van der Waals surface area contributed by atoms with Crippen LogP contribution < -0.4 is 10.2 Å². The van der Waals surface area contributed by atoms with E-state index in [1.807, 2.05) is 12.3 Å². The van der Waals surface area contributed by atoms with Gasteiger partial charge in [0.05, 0.1) is 23.9 Å². The lowest BCUT2D eigenvalue weighted by Crippen LogP contribution is -1.96. The second-order valence-electron chi connectivity index (χ2n) is 4.01. The van der Waals surface area contributed by atoms with Crippen LogP contribution in [0.25, 0.3) is 0 Å². The topological polar surface area (TPSA) is 110 Å². The minimum absolute atomic E-state index is 0.00995. The van der Waals surface area contributed by atoms with Gasteiger partial charge < -0.3 is 9.84 Å². The summed E-state index contributed by atoms with van der Waals surface area (Å²) in [6.07, 6.45) is 1.38. The number of hydrogen-bond donors (Lipinski definition) is 2. The molecule has 1 heterocycles. The van der Waals surface area contributed by atoms with Crippen molar-refractivity contribution in [1.29, 1.82) is 0 Å². The summed E-state index contributed by atoms with van der Waals surface area (Å²) in [6, 6.07) is 2.65. The predicted octanol–water partition coefficient (Wildman–Crippen LogP) is 2.52. The van der Waals surface area contributed by atoms with Gasteiger partial charge in [-0.15, -0.1) is 11.3 Å². The maximum absolute atomic E-state index is 10.9. The van der Waals surface area contributed by atoms with Crippen LogP contribution in [0.2, 0.25) is 0 Å². The van der Waals surface area contributed by atoms with E-state index in [1.54, 1.807) is 0 Å². The first-order valence-electron chi connectivity index (χ1n) is 5.78. The molecule has 110 valence electrons. The largest absolute Gasteiger partial charge is 0.500 e. The molecular formula is C12H12N4O4S. The minimum Gasteiger partial charge on any atom is -0.500 e. The number of benzene rings is 1. The number of aromatic hydroxyl groups is 1. The summed E-state index contributed by atoms with van der Waals surface area (Å²) in [6.45, 7) is 1.86. The number of methoxy groups -OCH3 is 1. The van der Waals surface area contributed by atoms with Gasteiger partial charge in [-0.05, 0) is 13.0 Å². The highest BCUT2D eigenvalue weighted by Gasteiger charge is 2.19. The van der Waals surface area contributed by atoms with E-state index in [9.17, 15) is 15.2 Å². The second-order valence-corrected chi connectivity index (χ2v) is 4.87. The Morgan fingerprint density at radius 3 is 2.90 bits per heavy atom. The molecule has 1 aromatic carbocycles. The average Bonchev–Trinajstić information content (AvgIpc) is 2.85. The molecule has 0 fully saturated rings. The molecule has 8 nitrogen and oxygen atoms in total. The van der Waals surface area contributed by atoms with Crippen LogP contribution in [0.1, 0.15) is 11.3 Å². The Kier molecular flexibility index (Phi) is 4.33. The number of aromatic nitrogens is 1. The van der Waals surface area contributed by atoms with E-state index in [1.165, 1.54) is 36.8 Å². The predicted molar refractivity (Wildman–Crippen MR) is 79.4 cm³/mol. The van der Waals surface area contributed by atoms with Crippen LogP contribution in [0.5, 0.6) is 11.5 Å². The van der Waals surface area contributed by atoms with Gasteiger partial charge in [-0.25, -0.2) is 4.98 Å². The van der Waals surface area contributed by atoms with Crippen molar-refractivity contribution in [1.82, 2.24) is 4.98 Å². The number of phenols is 1. The third kappa shape index (κ3) is 3.45. The molecular weight excluding hydrogens is 296 g/mol. The Labute approximate surface area is 123 Å². The van der Waals surface area contributed by atoms with E-state index in [4.69, 9.17) is 4.74 Å².